The number of carbonyl (C=O) groups is 1. The maximum absolute atomic E-state index is 11.7. The summed E-state index contributed by atoms with van der Waals surface area (Å²) in [5.41, 5.74) is 5.84. The van der Waals surface area contributed by atoms with Gasteiger partial charge in [0, 0.05) is 39.4 Å². The Morgan fingerprint density at radius 3 is 2.70 bits per heavy atom. The number of nitrogens with one attached hydrogen (secondary N) is 1. The summed E-state index contributed by atoms with van der Waals surface area (Å²) in [6.07, 6.45) is 3.89. The number of piperidine rings is 1. The first kappa shape index (κ1) is 17.4. The lowest BCUT2D eigenvalue weighted by Gasteiger charge is -2.29. The molecule has 1 fully saturated rings. The van der Waals surface area contributed by atoms with Gasteiger partial charge >= 0.3 is 0 Å². The molecule has 0 radical (unpaired) electrons. The molecule has 0 aromatic heterocycles. The number of amides is 1. The maximum atomic E-state index is 11.7. The average molecular weight is 287 g/mol. The summed E-state index contributed by atoms with van der Waals surface area (Å²) in [6, 6.07) is 0.312. The van der Waals surface area contributed by atoms with E-state index in [0.717, 1.165) is 51.9 Å². The minimum atomic E-state index is 0.112. The number of rotatable bonds is 10. The summed E-state index contributed by atoms with van der Waals surface area (Å²) in [5, 5.41) is 2.95. The van der Waals surface area contributed by atoms with Crippen LogP contribution in [0.2, 0.25) is 0 Å². The molecule has 6 nitrogen and oxygen atoms in total. The first-order chi connectivity index (χ1) is 9.72. The Hall–Kier alpha value is -0.690. The summed E-state index contributed by atoms with van der Waals surface area (Å²) in [5.74, 6) is 0.112. The number of likely N-dealkylation sites (tertiary alicyclic amines) is 1. The fourth-order valence-electron chi connectivity index (χ4n) is 2.17. The SMILES string of the molecule is COCCOCCCCNC(=O)CN1CCC(N)CC1. The lowest BCUT2D eigenvalue weighted by Crippen LogP contribution is -2.44. The van der Waals surface area contributed by atoms with Crippen LogP contribution in [0, 0.1) is 0 Å². The minimum Gasteiger partial charge on any atom is -0.382 e. The van der Waals surface area contributed by atoms with E-state index in [0.29, 0.717) is 25.8 Å². The van der Waals surface area contributed by atoms with Gasteiger partial charge in [0.05, 0.1) is 19.8 Å². The second-order valence-corrected chi connectivity index (χ2v) is 5.28. The van der Waals surface area contributed by atoms with Crippen molar-refractivity contribution in [1.29, 1.82) is 0 Å². The number of carbonyl (C=O) groups excluding carboxylic acids is 1. The normalized spacial score (nSPS) is 17.3. The molecule has 0 atom stereocenters. The largest absolute Gasteiger partial charge is 0.382 e. The van der Waals surface area contributed by atoms with E-state index in [1.165, 1.54) is 0 Å². The van der Waals surface area contributed by atoms with Gasteiger partial charge in [-0.1, -0.05) is 0 Å². The first-order valence-electron chi connectivity index (χ1n) is 7.53. The van der Waals surface area contributed by atoms with Crippen molar-refractivity contribution in [1.82, 2.24) is 10.2 Å². The molecule has 0 spiro atoms. The molecule has 20 heavy (non-hydrogen) atoms. The third-order valence-electron chi connectivity index (χ3n) is 3.47. The number of unbranched alkanes of at least 4 members (excludes halogenated alkanes) is 1. The van der Waals surface area contributed by atoms with E-state index in [4.69, 9.17) is 15.2 Å². The van der Waals surface area contributed by atoms with Crippen LogP contribution >= 0.6 is 0 Å². The van der Waals surface area contributed by atoms with Gasteiger partial charge in [-0.25, -0.2) is 0 Å². The van der Waals surface area contributed by atoms with E-state index in [2.05, 4.69) is 10.2 Å². The van der Waals surface area contributed by atoms with E-state index in [1.807, 2.05) is 0 Å². The number of hydrogen-bond donors (Lipinski definition) is 2. The molecule has 0 unspecified atom stereocenters. The Balaban J connectivity index is 1.90. The van der Waals surface area contributed by atoms with Gasteiger partial charge in [-0.2, -0.15) is 0 Å². The van der Waals surface area contributed by atoms with Crippen LogP contribution in [0.4, 0.5) is 0 Å². The van der Waals surface area contributed by atoms with E-state index < -0.39 is 0 Å². The fraction of sp³-hybridized carbons (Fsp3) is 0.929. The monoisotopic (exact) mass is 287 g/mol. The van der Waals surface area contributed by atoms with Gasteiger partial charge in [0.15, 0.2) is 0 Å². The lowest BCUT2D eigenvalue weighted by atomic mass is 10.1. The molecule has 118 valence electrons. The standard InChI is InChI=1S/C14H29N3O3/c1-19-10-11-20-9-3-2-6-16-14(18)12-17-7-4-13(15)5-8-17/h13H,2-12,15H2,1H3,(H,16,18). The molecule has 1 aliphatic heterocycles. The smallest absolute Gasteiger partial charge is 0.234 e. The van der Waals surface area contributed by atoms with Crippen molar-refractivity contribution in [3.05, 3.63) is 0 Å². The molecule has 1 amide bonds. The molecule has 1 aliphatic rings. The van der Waals surface area contributed by atoms with Crippen LogP contribution in [-0.4, -0.2) is 70.0 Å². The molecule has 0 saturated carbocycles. The third-order valence-corrected chi connectivity index (χ3v) is 3.47. The quantitative estimate of drug-likeness (QED) is 0.552. The van der Waals surface area contributed by atoms with Gasteiger partial charge in [0.2, 0.25) is 5.91 Å². The predicted molar refractivity (Wildman–Crippen MR) is 78.6 cm³/mol. The molecule has 1 rings (SSSR count). The van der Waals surface area contributed by atoms with Crippen LogP contribution in [0.3, 0.4) is 0 Å². The van der Waals surface area contributed by atoms with Crippen molar-refractivity contribution in [3.63, 3.8) is 0 Å². The summed E-state index contributed by atoms with van der Waals surface area (Å²) >= 11 is 0. The van der Waals surface area contributed by atoms with Crippen molar-refractivity contribution >= 4 is 5.91 Å². The molecular weight excluding hydrogens is 258 g/mol. The van der Waals surface area contributed by atoms with Crippen molar-refractivity contribution < 1.29 is 14.3 Å². The Kier molecular flexibility index (Phi) is 9.57. The van der Waals surface area contributed by atoms with Crippen LogP contribution in [0.25, 0.3) is 0 Å². The molecule has 3 N–H and O–H groups in total. The van der Waals surface area contributed by atoms with Crippen LogP contribution in [-0.2, 0) is 14.3 Å². The Bertz CT molecular complexity index is 256. The highest BCUT2D eigenvalue weighted by Gasteiger charge is 2.17. The molecular formula is C14H29N3O3. The second-order valence-electron chi connectivity index (χ2n) is 5.28. The average Bonchev–Trinajstić information content (AvgIpc) is 2.44. The highest BCUT2D eigenvalue weighted by molar-refractivity contribution is 5.77. The first-order valence-corrected chi connectivity index (χ1v) is 7.53. The summed E-state index contributed by atoms with van der Waals surface area (Å²) in [7, 11) is 1.66. The number of nitrogens with zero attached hydrogens (tertiary/aromatic N) is 1. The topological polar surface area (TPSA) is 76.8 Å². The van der Waals surface area contributed by atoms with E-state index in [9.17, 15) is 4.79 Å². The van der Waals surface area contributed by atoms with Crippen LogP contribution in [0.1, 0.15) is 25.7 Å². The van der Waals surface area contributed by atoms with Gasteiger partial charge in [-0.05, 0) is 25.7 Å². The van der Waals surface area contributed by atoms with Gasteiger partial charge in [-0.15, -0.1) is 0 Å². The maximum Gasteiger partial charge on any atom is 0.234 e. The Morgan fingerprint density at radius 1 is 1.25 bits per heavy atom. The molecule has 0 aromatic carbocycles. The molecule has 0 bridgehead atoms. The zero-order valence-electron chi connectivity index (χ0n) is 12.6. The number of methoxy groups -OCH3 is 1. The molecule has 6 heteroatoms. The third kappa shape index (κ3) is 8.47. The van der Waals surface area contributed by atoms with Gasteiger partial charge < -0.3 is 20.5 Å². The zero-order valence-corrected chi connectivity index (χ0v) is 12.6. The van der Waals surface area contributed by atoms with Crippen molar-refractivity contribution in [2.24, 2.45) is 5.73 Å². The summed E-state index contributed by atoms with van der Waals surface area (Å²) in [4.78, 5) is 13.9. The number of hydrogen-bond acceptors (Lipinski definition) is 5. The van der Waals surface area contributed by atoms with Crippen LogP contribution < -0.4 is 11.1 Å². The summed E-state index contributed by atoms with van der Waals surface area (Å²) < 4.78 is 10.2. The molecule has 0 aromatic rings. The van der Waals surface area contributed by atoms with E-state index in [-0.39, 0.29) is 5.91 Å². The van der Waals surface area contributed by atoms with Crippen LogP contribution in [0.5, 0.6) is 0 Å². The Labute approximate surface area is 122 Å². The van der Waals surface area contributed by atoms with E-state index in [1.54, 1.807) is 7.11 Å². The lowest BCUT2D eigenvalue weighted by molar-refractivity contribution is -0.122. The van der Waals surface area contributed by atoms with Crippen molar-refractivity contribution in [3.8, 4) is 0 Å². The highest BCUT2D eigenvalue weighted by atomic mass is 16.5. The van der Waals surface area contributed by atoms with Gasteiger partial charge in [0.25, 0.3) is 0 Å². The summed E-state index contributed by atoms with van der Waals surface area (Å²) in [6.45, 7) is 5.08. The Morgan fingerprint density at radius 2 is 2.00 bits per heavy atom. The number of nitrogens with two attached hydrogens (primary N) is 1. The highest BCUT2D eigenvalue weighted by Crippen LogP contribution is 2.07. The van der Waals surface area contributed by atoms with Crippen molar-refractivity contribution in [2.45, 2.75) is 31.7 Å². The molecule has 0 aliphatic carbocycles. The number of ether oxygens (including phenoxy) is 2. The van der Waals surface area contributed by atoms with E-state index >= 15 is 0 Å². The van der Waals surface area contributed by atoms with Gasteiger partial charge in [0.1, 0.15) is 0 Å². The van der Waals surface area contributed by atoms with Crippen LogP contribution in [0.15, 0.2) is 0 Å². The molecule has 1 heterocycles. The fourth-order valence-corrected chi connectivity index (χ4v) is 2.17. The predicted octanol–water partition coefficient (Wildman–Crippen LogP) is -0.0311. The van der Waals surface area contributed by atoms with Crippen molar-refractivity contribution in [2.75, 3.05) is 53.1 Å². The minimum absolute atomic E-state index is 0.112. The zero-order chi connectivity index (χ0) is 14.6. The second kappa shape index (κ2) is 11.0. The van der Waals surface area contributed by atoms with Gasteiger partial charge in [-0.3, -0.25) is 9.69 Å². The molecule has 1 saturated heterocycles.